The minimum Gasteiger partial charge on any atom is -1.00 e. The minimum atomic E-state index is -0.114. The Kier molecular flexibility index (Phi) is 7.17. The van der Waals surface area contributed by atoms with Crippen molar-refractivity contribution in [3.63, 3.8) is 0 Å². The topological polar surface area (TPSA) is 27.3 Å². The van der Waals surface area contributed by atoms with E-state index in [9.17, 15) is 0 Å². The lowest BCUT2D eigenvalue weighted by molar-refractivity contribution is -0.663. The first kappa shape index (κ1) is 20.6. The zero-order chi connectivity index (χ0) is 17.9. The van der Waals surface area contributed by atoms with Crippen LogP contribution in [0.5, 0.6) is 0 Å². The second kappa shape index (κ2) is 9.39. The highest BCUT2D eigenvalue weighted by Gasteiger charge is 2.20. The third-order valence-corrected chi connectivity index (χ3v) is 5.38. The highest BCUT2D eigenvalue weighted by Crippen LogP contribution is 2.24. The molecule has 0 amide bonds. The van der Waals surface area contributed by atoms with Gasteiger partial charge in [-0.25, -0.2) is 9.13 Å². The van der Waals surface area contributed by atoms with E-state index >= 15 is 0 Å². The predicted octanol–water partition coefficient (Wildman–Crippen LogP) is 1.44. The van der Waals surface area contributed by atoms with Crippen LogP contribution in [0.3, 0.4) is 0 Å². The first-order chi connectivity index (χ1) is 12.7. The van der Waals surface area contributed by atoms with Gasteiger partial charge >= 0.3 is 0 Å². The monoisotopic (exact) mass is 470 g/mol. The number of para-hydroxylation sites is 2. The Hall–Kier alpha value is -1.11. The second-order valence-electron chi connectivity index (χ2n) is 6.44. The van der Waals surface area contributed by atoms with Crippen molar-refractivity contribution in [2.75, 3.05) is 13.2 Å². The lowest BCUT2D eigenvalue weighted by Crippen LogP contribution is -3.00. The number of fused-ring (bicyclic) bond motifs is 1. The molecule has 1 aliphatic rings. The lowest BCUT2D eigenvalue weighted by Gasteiger charge is -2.22. The van der Waals surface area contributed by atoms with Crippen LogP contribution >= 0.6 is 23.2 Å². The van der Waals surface area contributed by atoms with Crippen molar-refractivity contribution in [1.82, 2.24) is 4.57 Å². The molecule has 4 nitrogen and oxygen atoms in total. The molecule has 0 aliphatic carbocycles. The molecule has 1 saturated heterocycles. The molecule has 0 atom stereocenters. The van der Waals surface area contributed by atoms with Gasteiger partial charge in [0, 0.05) is 22.0 Å². The number of hydrogen-bond donors (Lipinski definition) is 0. The van der Waals surface area contributed by atoms with Gasteiger partial charge in [0.2, 0.25) is 6.33 Å². The predicted molar refractivity (Wildman–Crippen MR) is 103 cm³/mol. The molecule has 0 radical (unpaired) electrons. The molecule has 0 N–H and O–H groups in total. The van der Waals surface area contributed by atoms with Crippen molar-refractivity contribution < 1.29 is 31.0 Å². The van der Waals surface area contributed by atoms with Crippen molar-refractivity contribution in [3.8, 4) is 0 Å². The first-order valence-electron chi connectivity index (χ1n) is 8.86. The Labute approximate surface area is 179 Å². The summed E-state index contributed by atoms with van der Waals surface area (Å²) in [6.07, 6.45) is 3.80. The normalized spacial score (nSPS) is 15.0. The number of nitrogens with zero attached hydrogens (tertiary/aromatic N) is 2. The van der Waals surface area contributed by atoms with E-state index in [0.717, 1.165) is 43.7 Å². The summed E-state index contributed by atoms with van der Waals surface area (Å²) < 4.78 is 15.8. The van der Waals surface area contributed by atoms with Crippen LogP contribution in [0, 0.1) is 0 Å². The summed E-state index contributed by atoms with van der Waals surface area (Å²) in [6.45, 7) is 3.01. The minimum absolute atomic E-state index is 0. The van der Waals surface area contributed by atoms with E-state index in [1.54, 1.807) is 0 Å². The van der Waals surface area contributed by atoms with Gasteiger partial charge in [-0.2, -0.15) is 0 Å². The van der Waals surface area contributed by atoms with Crippen LogP contribution in [0.2, 0.25) is 10.0 Å². The van der Waals surface area contributed by atoms with Crippen LogP contribution in [0.4, 0.5) is 0 Å². The Morgan fingerprint density at radius 3 is 2.44 bits per heavy atom. The zero-order valence-corrected chi connectivity index (χ0v) is 17.9. The summed E-state index contributed by atoms with van der Waals surface area (Å²) in [5.74, 6) is 0. The summed E-state index contributed by atoms with van der Waals surface area (Å²) in [5, 5.41) is 1.37. The standard InChI is InChI=1S/C20H21Cl2N2O2.BrH/c21-16-5-3-6-17(22)15(16)13-24-14-23(18-7-1-2-8-19(18)24)10-9-20-25-11-4-12-26-20;/h1-3,5-8,14,20H,4,9-13H2;1H/q+1;/p-1. The molecule has 3 aromatic rings. The molecule has 0 spiro atoms. The first-order valence-corrected chi connectivity index (χ1v) is 9.61. The highest BCUT2D eigenvalue weighted by atomic mass is 79.9. The molecule has 1 fully saturated rings. The summed E-state index contributed by atoms with van der Waals surface area (Å²) in [4.78, 5) is 0. The van der Waals surface area contributed by atoms with Gasteiger partial charge in [-0.05, 0) is 30.7 Å². The smallest absolute Gasteiger partial charge is 0.245 e. The number of benzene rings is 2. The van der Waals surface area contributed by atoms with Crippen molar-refractivity contribution >= 4 is 34.2 Å². The van der Waals surface area contributed by atoms with Crippen LogP contribution < -0.4 is 21.5 Å². The van der Waals surface area contributed by atoms with E-state index in [4.69, 9.17) is 32.7 Å². The van der Waals surface area contributed by atoms with E-state index in [0.29, 0.717) is 16.6 Å². The number of hydrogen-bond acceptors (Lipinski definition) is 2. The Bertz CT molecular complexity index is 890. The summed E-state index contributed by atoms with van der Waals surface area (Å²) in [6, 6.07) is 14.0. The average molecular weight is 472 g/mol. The third-order valence-electron chi connectivity index (χ3n) is 4.67. The van der Waals surface area contributed by atoms with Gasteiger partial charge in [-0.1, -0.05) is 41.4 Å². The molecule has 2 aromatic carbocycles. The van der Waals surface area contributed by atoms with E-state index in [-0.39, 0.29) is 23.3 Å². The number of halogens is 3. The third kappa shape index (κ3) is 4.66. The molecule has 0 saturated carbocycles. The van der Waals surface area contributed by atoms with Crippen molar-refractivity contribution in [2.24, 2.45) is 0 Å². The molecular formula is C20H21BrCl2N2O2. The highest BCUT2D eigenvalue weighted by molar-refractivity contribution is 6.35. The number of aryl methyl sites for hydroxylation is 1. The number of aromatic nitrogens is 2. The molecular weight excluding hydrogens is 451 g/mol. The van der Waals surface area contributed by atoms with Crippen LogP contribution in [0.15, 0.2) is 48.8 Å². The van der Waals surface area contributed by atoms with Gasteiger partial charge in [-0.3, -0.25) is 0 Å². The summed E-state index contributed by atoms with van der Waals surface area (Å²) >= 11 is 12.7. The maximum absolute atomic E-state index is 6.36. The van der Waals surface area contributed by atoms with Gasteiger partial charge in [0.05, 0.1) is 19.8 Å². The molecule has 0 bridgehead atoms. The van der Waals surface area contributed by atoms with Crippen LogP contribution in [0.1, 0.15) is 18.4 Å². The fraction of sp³-hybridized carbons (Fsp3) is 0.350. The Morgan fingerprint density at radius 1 is 1.00 bits per heavy atom. The SMILES string of the molecule is Clc1cccc(Cl)c1C[n+]1cn(CCC2OCCCO2)c2ccccc21.[Br-]. The van der Waals surface area contributed by atoms with E-state index in [1.165, 1.54) is 5.52 Å². The number of rotatable bonds is 5. The maximum Gasteiger partial charge on any atom is 0.245 e. The lowest BCUT2D eigenvalue weighted by atomic mass is 10.2. The molecule has 7 heteroatoms. The van der Waals surface area contributed by atoms with E-state index < -0.39 is 0 Å². The summed E-state index contributed by atoms with van der Waals surface area (Å²) in [7, 11) is 0. The molecule has 1 aromatic heterocycles. The van der Waals surface area contributed by atoms with Gasteiger partial charge in [0.1, 0.15) is 6.54 Å². The molecule has 27 heavy (non-hydrogen) atoms. The maximum atomic E-state index is 6.36. The zero-order valence-electron chi connectivity index (χ0n) is 14.8. The van der Waals surface area contributed by atoms with Gasteiger partial charge < -0.3 is 26.5 Å². The fourth-order valence-corrected chi connectivity index (χ4v) is 3.87. The number of ether oxygens (including phenoxy) is 2. The molecule has 2 heterocycles. The van der Waals surface area contributed by atoms with Crippen molar-refractivity contribution in [3.05, 3.63) is 64.4 Å². The Morgan fingerprint density at radius 2 is 1.70 bits per heavy atom. The Balaban J connectivity index is 0.00000210. The molecule has 4 rings (SSSR count). The second-order valence-corrected chi connectivity index (χ2v) is 7.25. The van der Waals surface area contributed by atoms with E-state index in [2.05, 4.69) is 33.7 Å². The van der Waals surface area contributed by atoms with Crippen LogP contribution in [0.25, 0.3) is 11.0 Å². The quantitative estimate of drug-likeness (QED) is 0.526. The summed E-state index contributed by atoms with van der Waals surface area (Å²) in [5.41, 5.74) is 3.25. The van der Waals surface area contributed by atoms with Crippen molar-refractivity contribution in [2.45, 2.75) is 32.2 Å². The molecule has 1 aliphatic heterocycles. The van der Waals surface area contributed by atoms with Crippen molar-refractivity contribution in [1.29, 1.82) is 0 Å². The number of imidazole rings is 1. The van der Waals surface area contributed by atoms with Crippen LogP contribution in [-0.4, -0.2) is 24.1 Å². The van der Waals surface area contributed by atoms with E-state index in [1.807, 2.05) is 24.3 Å². The molecule has 0 unspecified atom stereocenters. The largest absolute Gasteiger partial charge is 1.00 e. The van der Waals surface area contributed by atoms with Crippen LogP contribution in [-0.2, 0) is 22.6 Å². The fourth-order valence-electron chi connectivity index (χ4n) is 3.35. The average Bonchev–Trinajstić information content (AvgIpc) is 3.02. The van der Waals surface area contributed by atoms with Gasteiger partial charge in [0.25, 0.3) is 0 Å². The van der Waals surface area contributed by atoms with Gasteiger partial charge in [-0.15, -0.1) is 0 Å². The molecule has 144 valence electrons. The van der Waals surface area contributed by atoms with Gasteiger partial charge in [0.15, 0.2) is 17.3 Å².